The van der Waals surface area contributed by atoms with E-state index in [9.17, 15) is 18.0 Å². The molecule has 1 aliphatic carbocycles. The number of rotatable bonds is 13. The van der Waals surface area contributed by atoms with Crippen LogP contribution in [-0.2, 0) is 19.6 Å². The van der Waals surface area contributed by atoms with Gasteiger partial charge in [0, 0.05) is 24.6 Å². The average molecular weight is 466 g/mol. The van der Waals surface area contributed by atoms with Crippen LogP contribution in [0.4, 0.5) is 0 Å². The van der Waals surface area contributed by atoms with Crippen LogP contribution < -0.4 is 20.1 Å². The number of hydrogen-bond donors (Lipinski definition) is 3. The molecule has 1 saturated heterocycles. The van der Waals surface area contributed by atoms with E-state index in [1.54, 1.807) is 24.3 Å². The normalized spacial score (nSPS) is 19.6. The van der Waals surface area contributed by atoms with E-state index < -0.39 is 15.6 Å². The van der Waals surface area contributed by atoms with Crippen LogP contribution in [0, 0.1) is 11.8 Å². The SMILES string of the molecule is CC(C)(CCCCNCC1CCC(=O)NC1=O)NS(=O)(=O)c1cccc(OCC2CC2)c1. The fourth-order valence-electron chi connectivity index (χ4n) is 3.73. The van der Waals surface area contributed by atoms with Crippen LogP contribution >= 0.6 is 0 Å². The van der Waals surface area contributed by atoms with Crippen LogP contribution in [0.25, 0.3) is 0 Å². The summed E-state index contributed by atoms with van der Waals surface area (Å²) < 4.78 is 34.3. The highest BCUT2D eigenvalue weighted by molar-refractivity contribution is 7.89. The number of sulfonamides is 1. The Hall–Kier alpha value is -1.97. The van der Waals surface area contributed by atoms with Gasteiger partial charge in [-0.1, -0.05) is 12.5 Å². The molecule has 1 aromatic rings. The second-order valence-corrected chi connectivity index (χ2v) is 11.2. The Kier molecular flexibility index (Phi) is 8.30. The summed E-state index contributed by atoms with van der Waals surface area (Å²) in [5.41, 5.74) is -0.590. The predicted octanol–water partition coefficient (Wildman–Crippen LogP) is 2.35. The summed E-state index contributed by atoms with van der Waals surface area (Å²) in [6.07, 6.45) is 5.72. The smallest absolute Gasteiger partial charge is 0.241 e. The molecule has 1 atom stereocenters. The molecular weight excluding hydrogens is 430 g/mol. The highest BCUT2D eigenvalue weighted by atomic mass is 32.2. The van der Waals surface area contributed by atoms with Gasteiger partial charge in [0.05, 0.1) is 17.4 Å². The third-order valence-electron chi connectivity index (χ3n) is 5.86. The maximum Gasteiger partial charge on any atom is 0.241 e. The van der Waals surface area contributed by atoms with Gasteiger partial charge >= 0.3 is 0 Å². The van der Waals surface area contributed by atoms with Crippen molar-refractivity contribution in [2.24, 2.45) is 11.8 Å². The Morgan fingerprint density at radius 1 is 1.16 bits per heavy atom. The largest absolute Gasteiger partial charge is 0.493 e. The number of piperidine rings is 1. The van der Waals surface area contributed by atoms with E-state index in [4.69, 9.17) is 4.74 Å². The Labute approximate surface area is 190 Å². The van der Waals surface area contributed by atoms with Gasteiger partial charge in [0.1, 0.15) is 5.75 Å². The van der Waals surface area contributed by atoms with Gasteiger partial charge in [0.25, 0.3) is 0 Å². The number of carbonyl (C=O) groups excluding carboxylic acids is 2. The van der Waals surface area contributed by atoms with Crippen LogP contribution in [0.5, 0.6) is 5.75 Å². The molecule has 2 amide bonds. The fraction of sp³-hybridized carbons (Fsp3) is 0.652. The molecule has 178 valence electrons. The second-order valence-electron chi connectivity index (χ2n) is 9.53. The molecule has 2 aliphatic rings. The van der Waals surface area contributed by atoms with Gasteiger partial charge in [0.2, 0.25) is 21.8 Å². The summed E-state index contributed by atoms with van der Waals surface area (Å²) in [5, 5.41) is 5.63. The van der Waals surface area contributed by atoms with Crippen molar-refractivity contribution in [1.29, 1.82) is 0 Å². The summed E-state index contributed by atoms with van der Waals surface area (Å²) in [6, 6.07) is 6.66. The van der Waals surface area contributed by atoms with Crippen molar-refractivity contribution in [1.82, 2.24) is 15.4 Å². The maximum absolute atomic E-state index is 12.9. The number of carbonyl (C=O) groups is 2. The van der Waals surface area contributed by atoms with Gasteiger partial charge in [-0.05, 0) is 70.5 Å². The summed E-state index contributed by atoms with van der Waals surface area (Å²) in [7, 11) is -3.65. The highest BCUT2D eigenvalue weighted by Gasteiger charge is 2.27. The number of amides is 2. The Morgan fingerprint density at radius 2 is 1.94 bits per heavy atom. The molecule has 3 N–H and O–H groups in total. The zero-order valence-corrected chi connectivity index (χ0v) is 19.8. The van der Waals surface area contributed by atoms with Crippen molar-refractivity contribution in [3.63, 3.8) is 0 Å². The monoisotopic (exact) mass is 465 g/mol. The van der Waals surface area contributed by atoms with E-state index in [1.807, 2.05) is 13.8 Å². The minimum absolute atomic E-state index is 0.167. The van der Waals surface area contributed by atoms with Gasteiger partial charge in [-0.25, -0.2) is 13.1 Å². The second kappa shape index (κ2) is 10.8. The van der Waals surface area contributed by atoms with Gasteiger partial charge in [0.15, 0.2) is 0 Å². The zero-order chi connectivity index (χ0) is 23.2. The van der Waals surface area contributed by atoms with Crippen LogP contribution in [0.1, 0.15) is 58.8 Å². The highest BCUT2D eigenvalue weighted by Crippen LogP contribution is 2.30. The summed E-state index contributed by atoms with van der Waals surface area (Å²) in [5.74, 6) is 0.616. The molecule has 8 nitrogen and oxygen atoms in total. The van der Waals surface area contributed by atoms with Crippen LogP contribution in [0.2, 0.25) is 0 Å². The number of benzene rings is 1. The molecule has 9 heteroatoms. The lowest BCUT2D eigenvalue weighted by molar-refractivity contribution is -0.136. The minimum atomic E-state index is -3.65. The lowest BCUT2D eigenvalue weighted by Crippen LogP contribution is -2.44. The molecule has 1 aromatic carbocycles. The van der Waals surface area contributed by atoms with E-state index in [-0.39, 0.29) is 22.6 Å². The quantitative estimate of drug-likeness (QED) is 0.304. The van der Waals surface area contributed by atoms with Crippen molar-refractivity contribution in [2.45, 2.75) is 69.2 Å². The van der Waals surface area contributed by atoms with Crippen molar-refractivity contribution in [3.05, 3.63) is 24.3 Å². The molecule has 2 fully saturated rings. The van der Waals surface area contributed by atoms with Crippen molar-refractivity contribution in [3.8, 4) is 5.75 Å². The van der Waals surface area contributed by atoms with E-state index in [2.05, 4.69) is 15.4 Å². The first-order chi connectivity index (χ1) is 15.1. The fourth-order valence-corrected chi connectivity index (χ4v) is 5.21. The molecule has 1 unspecified atom stereocenters. The molecule has 1 saturated carbocycles. The molecule has 0 radical (unpaired) electrons. The standard InChI is InChI=1S/C23H35N3O5S/c1-23(2,12-3-4-13-24-15-18-10-11-21(27)25-22(18)28)26-32(29,30)20-7-5-6-19(14-20)31-16-17-8-9-17/h5-7,14,17-18,24,26H,3-4,8-13,15-16H2,1-2H3,(H,25,27,28). The van der Waals surface area contributed by atoms with Crippen LogP contribution in [0.3, 0.4) is 0 Å². The number of hydrogen-bond acceptors (Lipinski definition) is 6. The van der Waals surface area contributed by atoms with Gasteiger partial charge in [-0.15, -0.1) is 0 Å². The van der Waals surface area contributed by atoms with Crippen LogP contribution in [-0.4, -0.2) is 45.5 Å². The topological polar surface area (TPSA) is 114 Å². The molecule has 0 bridgehead atoms. The summed E-state index contributed by atoms with van der Waals surface area (Å²) in [4.78, 5) is 23.1. The molecule has 0 aromatic heterocycles. The number of unbranched alkanes of at least 4 members (excludes halogenated alkanes) is 1. The first-order valence-corrected chi connectivity index (χ1v) is 12.9. The van der Waals surface area contributed by atoms with Gasteiger partial charge in [-0.3, -0.25) is 14.9 Å². The summed E-state index contributed by atoms with van der Waals surface area (Å²) >= 11 is 0. The first-order valence-electron chi connectivity index (χ1n) is 11.5. The Bertz CT molecular complexity index is 912. The van der Waals surface area contributed by atoms with Gasteiger partial charge in [-0.2, -0.15) is 0 Å². The molecule has 32 heavy (non-hydrogen) atoms. The van der Waals surface area contributed by atoms with Gasteiger partial charge < -0.3 is 10.1 Å². The van der Waals surface area contributed by atoms with Crippen molar-refractivity contribution < 1.29 is 22.7 Å². The maximum atomic E-state index is 12.9. The van der Waals surface area contributed by atoms with E-state index in [0.29, 0.717) is 44.1 Å². The number of imide groups is 1. The molecule has 1 aliphatic heterocycles. The minimum Gasteiger partial charge on any atom is -0.493 e. The average Bonchev–Trinajstić information content (AvgIpc) is 3.54. The predicted molar refractivity (Wildman–Crippen MR) is 122 cm³/mol. The molecule has 0 spiro atoms. The molecule has 3 rings (SSSR count). The van der Waals surface area contributed by atoms with E-state index in [1.165, 1.54) is 12.8 Å². The van der Waals surface area contributed by atoms with E-state index in [0.717, 1.165) is 19.4 Å². The molecular formula is C23H35N3O5S. The number of ether oxygens (including phenoxy) is 1. The Morgan fingerprint density at radius 3 is 2.66 bits per heavy atom. The third-order valence-corrected chi connectivity index (χ3v) is 7.55. The van der Waals surface area contributed by atoms with Crippen molar-refractivity contribution in [2.75, 3.05) is 19.7 Å². The van der Waals surface area contributed by atoms with Crippen LogP contribution in [0.15, 0.2) is 29.2 Å². The lowest BCUT2D eigenvalue weighted by atomic mass is 9.97. The molecule has 1 heterocycles. The van der Waals surface area contributed by atoms with E-state index >= 15 is 0 Å². The first kappa shape index (κ1) is 24.7. The van der Waals surface area contributed by atoms with Crippen molar-refractivity contribution >= 4 is 21.8 Å². The lowest BCUT2D eigenvalue weighted by Gasteiger charge is -2.26. The summed E-state index contributed by atoms with van der Waals surface area (Å²) in [6.45, 7) is 5.69. The third kappa shape index (κ3) is 7.86. The zero-order valence-electron chi connectivity index (χ0n) is 19.0. The Balaban J connectivity index is 1.38. The number of nitrogens with one attached hydrogen (secondary N) is 3.